The Balaban J connectivity index is 1.69. The Morgan fingerprint density at radius 1 is 1.18 bits per heavy atom. The fourth-order valence-corrected chi connectivity index (χ4v) is 2.14. The summed E-state index contributed by atoms with van der Waals surface area (Å²) >= 11 is 0. The molecule has 4 heteroatoms. The molecule has 0 saturated carbocycles. The minimum absolute atomic E-state index is 0.156. The molecule has 0 heterocycles. The van der Waals surface area contributed by atoms with Crippen molar-refractivity contribution in [3.05, 3.63) is 65.7 Å². The minimum atomic E-state index is -0.540. The molecule has 0 aromatic heterocycles. The predicted octanol–water partition coefficient (Wildman–Crippen LogP) is 2.06. The highest BCUT2D eigenvalue weighted by Gasteiger charge is 2.13. The summed E-state index contributed by atoms with van der Waals surface area (Å²) in [5.41, 5.74) is 8.11. The molecule has 0 bridgehead atoms. The molecule has 0 saturated heterocycles. The highest BCUT2D eigenvalue weighted by Crippen LogP contribution is 2.11. The van der Waals surface area contributed by atoms with Crippen molar-refractivity contribution in [3.63, 3.8) is 0 Å². The molecule has 2 aromatic carbocycles. The largest absolute Gasteiger partial charge is 0.492 e. The zero-order chi connectivity index (χ0) is 15.8. The average Bonchev–Trinajstić information content (AvgIpc) is 2.52. The van der Waals surface area contributed by atoms with Gasteiger partial charge in [0.15, 0.2) is 0 Å². The van der Waals surface area contributed by atoms with Crippen LogP contribution in [0.5, 0.6) is 5.75 Å². The summed E-state index contributed by atoms with van der Waals surface area (Å²) in [6, 6.07) is 17.0. The van der Waals surface area contributed by atoms with E-state index in [1.807, 2.05) is 61.5 Å². The Hall–Kier alpha value is -2.33. The Morgan fingerprint density at radius 2 is 1.95 bits per heavy atom. The van der Waals surface area contributed by atoms with E-state index >= 15 is 0 Å². The van der Waals surface area contributed by atoms with Crippen LogP contribution < -0.4 is 15.8 Å². The standard InChI is InChI=1S/C18H22N2O2/c1-14-6-5-9-16(12-14)22-11-10-20-18(21)17(19)13-15-7-3-2-4-8-15/h2-9,12,17H,10-11,13,19H2,1H3,(H,20,21). The maximum absolute atomic E-state index is 11.9. The maximum Gasteiger partial charge on any atom is 0.237 e. The number of aryl methyl sites for hydroxylation is 1. The van der Waals surface area contributed by atoms with Gasteiger partial charge in [0.1, 0.15) is 12.4 Å². The molecule has 0 radical (unpaired) electrons. The van der Waals surface area contributed by atoms with E-state index in [1.165, 1.54) is 0 Å². The van der Waals surface area contributed by atoms with E-state index in [4.69, 9.17) is 10.5 Å². The summed E-state index contributed by atoms with van der Waals surface area (Å²) in [5.74, 6) is 0.652. The van der Waals surface area contributed by atoms with Crippen LogP contribution in [0, 0.1) is 6.92 Å². The van der Waals surface area contributed by atoms with Gasteiger partial charge in [0.2, 0.25) is 5.91 Å². The van der Waals surface area contributed by atoms with Crippen LogP contribution >= 0.6 is 0 Å². The van der Waals surface area contributed by atoms with E-state index in [0.29, 0.717) is 19.6 Å². The zero-order valence-corrected chi connectivity index (χ0v) is 12.8. The Morgan fingerprint density at radius 3 is 2.68 bits per heavy atom. The van der Waals surface area contributed by atoms with Crippen molar-refractivity contribution in [1.29, 1.82) is 0 Å². The van der Waals surface area contributed by atoms with Crippen LogP contribution in [0.15, 0.2) is 54.6 Å². The number of carbonyl (C=O) groups excluding carboxylic acids is 1. The highest BCUT2D eigenvalue weighted by atomic mass is 16.5. The smallest absolute Gasteiger partial charge is 0.237 e. The number of rotatable bonds is 7. The second-order valence-corrected chi connectivity index (χ2v) is 5.25. The summed E-state index contributed by atoms with van der Waals surface area (Å²) < 4.78 is 5.58. The average molecular weight is 298 g/mol. The number of hydrogen-bond acceptors (Lipinski definition) is 3. The summed E-state index contributed by atoms with van der Waals surface area (Å²) in [6.07, 6.45) is 0.533. The summed E-state index contributed by atoms with van der Waals surface area (Å²) in [7, 11) is 0. The van der Waals surface area contributed by atoms with E-state index in [0.717, 1.165) is 16.9 Å². The van der Waals surface area contributed by atoms with Crippen molar-refractivity contribution in [2.24, 2.45) is 5.73 Å². The van der Waals surface area contributed by atoms with Crippen LogP contribution in [-0.2, 0) is 11.2 Å². The van der Waals surface area contributed by atoms with Crippen LogP contribution in [0.4, 0.5) is 0 Å². The van der Waals surface area contributed by atoms with Crippen LogP contribution in [0.25, 0.3) is 0 Å². The van der Waals surface area contributed by atoms with Crippen LogP contribution in [0.2, 0.25) is 0 Å². The molecule has 0 aliphatic rings. The van der Waals surface area contributed by atoms with Crippen molar-refractivity contribution in [3.8, 4) is 5.75 Å². The van der Waals surface area contributed by atoms with Crippen molar-refractivity contribution in [2.75, 3.05) is 13.2 Å². The monoisotopic (exact) mass is 298 g/mol. The summed E-state index contributed by atoms with van der Waals surface area (Å²) in [5, 5.41) is 2.80. The van der Waals surface area contributed by atoms with Gasteiger partial charge in [0.25, 0.3) is 0 Å². The first-order valence-corrected chi connectivity index (χ1v) is 7.42. The predicted molar refractivity (Wildman–Crippen MR) is 87.8 cm³/mol. The second kappa shape index (κ2) is 8.20. The summed E-state index contributed by atoms with van der Waals surface area (Å²) in [4.78, 5) is 11.9. The molecule has 116 valence electrons. The fourth-order valence-electron chi connectivity index (χ4n) is 2.14. The third-order valence-electron chi connectivity index (χ3n) is 3.29. The molecular formula is C18H22N2O2. The lowest BCUT2D eigenvalue weighted by atomic mass is 10.1. The van der Waals surface area contributed by atoms with Gasteiger partial charge in [0.05, 0.1) is 12.6 Å². The van der Waals surface area contributed by atoms with Gasteiger partial charge in [-0.15, -0.1) is 0 Å². The molecule has 4 nitrogen and oxygen atoms in total. The van der Waals surface area contributed by atoms with E-state index in [2.05, 4.69) is 5.32 Å². The second-order valence-electron chi connectivity index (χ2n) is 5.25. The van der Waals surface area contributed by atoms with Crippen LogP contribution in [0.1, 0.15) is 11.1 Å². The Bertz CT molecular complexity index is 599. The van der Waals surface area contributed by atoms with Gasteiger partial charge < -0.3 is 15.8 Å². The van der Waals surface area contributed by atoms with Gasteiger partial charge in [-0.3, -0.25) is 4.79 Å². The quantitative estimate of drug-likeness (QED) is 0.769. The lowest BCUT2D eigenvalue weighted by Gasteiger charge is -2.13. The number of carbonyl (C=O) groups is 1. The van der Waals surface area contributed by atoms with E-state index < -0.39 is 6.04 Å². The normalized spacial score (nSPS) is 11.7. The lowest BCUT2D eigenvalue weighted by molar-refractivity contribution is -0.122. The first kappa shape index (κ1) is 16.0. The molecule has 1 unspecified atom stereocenters. The van der Waals surface area contributed by atoms with Crippen molar-refractivity contribution in [2.45, 2.75) is 19.4 Å². The van der Waals surface area contributed by atoms with Gasteiger partial charge in [-0.25, -0.2) is 0 Å². The molecule has 0 aliphatic heterocycles. The molecule has 22 heavy (non-hydrogen) atoms. The third-order valence-corrected chi connectivity index (χ3v) is 3.29. The molecule has 3 N–H and O–H groups in total. The molecule has 0 aliphatic carbocycles. The molecule has 1 atom stereocenters. The van der Waals surface area contributed by atoms with Crippen molar-refractivity contribution >= 4 is 5.91 Å². The van der Waals surface area contributed by atoms with E-state index in [1.54, 1.807) is 0 Å². The van der Waals surface area contributed by atoms with Gasteiger partial charge in [-0.05, 0) is 36.6 Å². The molecule has 2 aromatic rings. The molecule has 1 amide bonds. The summed E-state index contributed by atoms with van der Waals surface area (Å²) in [6.45, 7) is 2.87. The lowest BCUT2D eigenvalue weighted by Crippen LogP contribution is -2.43. The van der Waals surface area contributed by atoms with Crippen LogP contribution in [-0.4, -0.2) is 25.1 Å². The van der Waals surface area contributed by atoms with Gasteiger partial charge in [-0.1, -0.05) is 42.5 Å². The van der Waals surface area contributed by atoms with Crippen molar-refractivity contribution < 1.29 is 9.53 Å². The highest BCUT2D eigenvalue weighted by molar-refractivity contribution is 5.81. The molecular weight excluding hydrogens is 276 g/mol. The number of ether oxygens (including phenoxy) is 1. The van der Waals surface area contributed by atoms with E-state index in [-0.39, 0.29) is 5.91 Å². The first-order valence-electron chi connectivity index (χ1n) is 7.42. The SMILES string of the molecule is Cc1cccc(OCCNC(=O)C(N)Cc2ccccc2)c1. The van der Waals surface area contributed by atoms with Gasteiger partial charge >= 0.3 is 0 Å². The number of nitrogens with one attached hydrogen (secondary N) is 1. The Labute approximate surface area is 131 Å². The number of benzene rings is 2. The number of hydrogen-bond donors (Lipinski definition) is 2. The maximum atomic E-state index is 11.9. The Kier molecular flexibility index (Phi) is 5.98. The zero-order valence-electron chi connectivity index (χ0n) is 12.8. The third kappa shape index (κ3) is 5.22. The number of amides is 1. The van der Waals surface area contributed by atoms with Gasteiger partial charge in [-0.2, -0.15) is 0 Å². The fraction of sp³-hybridized carbons (Fsp3) is 0.278. The number of nitrogens with two attached hydrogens (primary N) is 1. The van der Waals surface area contributed by atoms with Gasteiger partial charge in [0, 0.05) is 0 Å². The molecule has 2 rings (SSSR count). The first-order chi connectivity index (χ1) is 10.6. The minimum Gasteiger partial charge on any atom is -0.492 e. The molecule has 0 fully saturated rings. The molecule has 0 spiro atoms. The topological polar surface area (TPSA) is 64.3 Å². The van der Waals surface area contributed by atoms with Crippen LogP contribution in [0.3, 0.4) is 0 Å². The van der Waals surface area contributed by atoms with Crippen molar-refractivity contribution in [1.82, 2.24) is 5.32 Å². The van der Waals surface area contributed by atoms with E-state index in [9.17, 15) is 4.79 Å².